The number of benzene rings is 2. The predicted molar refractivity (Wildman–Crippen MR) is 79.5 cm³/mol. The van der Waals surface area contributed by atoms with Crippen LogP contribution in [0.5, 0.6) is 5.75 Å². The summed E-state index contributed by atoms with van der Waals surface area (Å²) in [5.74, 6) is 0.332. The molecule has 5 heteroatoms. The van der Waals surface area contributed by atoms with E-state index >= 15 is 0 Å². The number of hydrazone groups is 1. The van der Waals surface area contributed by atoms with Crippen LogP contribution in [0.25, 0.3) is 0 Å². The number of ether oxygens (including phenoxy) is 1. The number of hydrogen-bond donors (Lipinski definition) is 1. The third-order valence-corrected chi connectivity index (χ3v) is 2.89. The highest BCUT2D eigenvalue weighted by atomic mass is 35.5. The summed E-state index contributed by atoms with van der Waals surface area (Å²) >= 11 is 5.99. The third kappa shape index (κ3) is 3.59. The highest BCUT2D eigenvalue weighted by molar-refractivity contribution is 6.32. The van der Waals surface area contributed by atoms with E-state index in [-0.39, 0.29) is 5.91 Å². The minimum absolute atomic E-state index is 0.263. The molecule has 2 rings (SSSR count). The second-order valence-electron chi connectivity index (χ2n) is 3.96. The van der Waals surface area contributed by atoms with Gasteiger partial charge in [0.2, 0.25) is 0 Å². The van der Waals surface area contributed by atoms with Gasteiger partial charge in [0, 0.05) is 5.56 Å². The molecule has 0 aliphatic rings. The first-order valence-electron chi connectivity index (χ1n) is 5.92. The highest BCUT2D eigenvalue weighted by Gasteiger charge is 2.02. The van der Waals surface area contributed by atoms with Crippen LogP contribution in [0.15, 0.2) is 53.6 Å². The van der Waals surface area contributed by atoms with E-state index in [0.717, 1.165) is 5.56 Å². The molecule has 4 nitrogen and oxygen atoms in total. The van der Waals surface area contributed by atoms with E-state index < -0.39 is 0 Å². The topological polar surface area (TPSA) is 50.7 Å². The number of carbonyl (C=O) groups excluding carboxylic acids is 1. The van der Waals surface area contributed by atoms with Crippen molar-refractivity contribution < 1.29 is 9.53 Å². The largest absolute Gasteiger partial charge is 0.495 e. The lowest BCUT2D eigenvalue weighted by molar-refractivity contribution is 0.0955. The second kappa shape index (κ2) is 6.73. The quantitative estimate of drug-likeness (QED) is 0.694. The van der Waals surface area contributed by atoms with Crippen molar-refractivity contribution in [1.82, 2.24) is 5.43 Å². The molecule has 0 aliphatic heterocycles. The highest BCUT2D eigenvalue weighted by Crippen LogP contribution is 2.24. The minimum atomic E-state index is -0.263. The van der Waals surface area contributed by atoms with E-state index in [1.165, 1.54) is 6.21 Å². The Morgan fingerprint density at radius 2 is 2.00 bits per heavy atom. The van der Waals surface area contributed by atoms with Crippen LogP contribution >= 0.6 is 11.6 Å². The Bertz CT molecular complexity index is 627. The molecule has 102 valence electrons. The van der Waals surface area contributed by atoms with E-state index in [1.54, 1.807) is 49.6 Å². The molecule has 0 radical (unpaired) electrons. The van der Waals surface area contributed by atoms with E-state index in [9.17, 15) is 4.79 Å². The zero-order chi connectivity index (χ0) is 14.4. The predicted octanol–water partition coefficient (Wildman–Crippen LogP) is 3.11. The minimum Gasteiger partial charge on any atom is -0.495 e. The summed E-state index contributed by atoms with van der Waals surface area (Å²) in [5, 5.41) is 4.38. The molecule has 2 aromatic carbocycles. The van der Waals surface area contributed by atoms with Crippen molar-refractivity contribution in [2.75, 3.05) is 7.11 Å². The van der Waals surface area contributed by atoms with E-state index in [1.807, 2.05) is 6.07 Å². The molecule has 0 fully saturated rings. The van der Waals surface area contributed by atoms with Gasteiger partial charge >= 0.3 is 0 Å². The van der Waals surface area contributed by atoms with Crippen molar-refractivity contribution >= 4 is 23.7 Å². The second-order valence-corrected chi connectivity index (χ2v) is 4.37. The summed E-state index contributed by atoms with van der Waals surface area (Å²) in [6.07, 6.45) is 1.52. The molecule has 0 aliphatic carbocycles. The number of nitrogens with zero attached hydrogens (tertiary/aromatic N) is 1. The fourth-order valence-corrected chi connectivity index (χ4v) is 1.85. The summed E-state index contributed by atoms with van der Waals surface area (Å²) < 4.78 is 5.05. The van der Waals surface area contributed by atoms with Crippen LogP contribution < -0.4 is 10.2 Å². The number of methoxy groups -OCH3 is 1. The monoisotopic (exact) mass is 288 g/mol. The van der Waals surface area contributed by atoms with Crippen LogP contribution in [0.3, 0.4) is 0 Å². The number of rotatable bonds is 4. The van der Waals surface area contributed by atoms with Crippen LogP contribution in [-0.2, 0) is 0 Å². The van der Waals surface area contributed by atoms with Gasteiger partial charge in [0.15, 0.2) is 0 Å². The number of halogens is 1. The molecule has 2 aromatic rings. The molecule has 20 heavy (non-hydrogen) atoms. The Morgan fingerprint density at radius 1 is 1.25 bits per heavy atom. The fourth-order valence-electron chi connectivity index (χ4n) is 1.58. The van der Waals surface area contributed by atoms with Crippen molar-refractivity contribution in [3.63, 3.8) is 0 Å². The van der Waals surface area contributed by atoms with E-state index in [4.69, 9.17) is 16.3 Å². The molecule has 0 spiro atoms. The molecular weight excluding hydrogens is 276 g/mol. The summed E-state index contributed by atoms with van der Waals surface area (Å²) in [5.41, 5.74) is 3.77. The first-order chi connectivity index (χ1) is 9.70. The smallest absolute Gasteiger partial charge is 0.271 e. The van der Waals surface area contributed by atoms with Gasteiger partial charge in [-0.15, -0.1) is 0 Å². The van der Waals surface area contributed by atoms with Gasteiger partial charge in [-0.1, -0.05) is 29.8 Å². The van der Waals surface area contributed by atoms with Crippen LogP contribution in [0, 0.1) is 0 Å². The lowest BCUT2D eigenvalue weighted by Gasteiger charge is -2.03. The SMILES string of the molecule is COc1ccc(/C=N\NC(=O)c2ccccc2)cc1Cl. The van der Waals surface area contributed by atoms with Gasteiger partial charge in [-0.2, -0.15) is 5.10 Å². The first kappa shape index (κ1) is 14.1. The number of carbonyl (C=O) groups is 1. The fraction of sp³-hybridized carbons (Fsp3) is 0.0667. The third-order valence-electron chi connectivity index (χ3n) is 2.59. The van der Waals surface area contributed by atoms with Crippen molar-refractivity contribution in [3.8, 4) is 5.75 Å². The van der Waals surface area contributed by atoms with Crippen molar-refractivity contribution in [1.29, 1.82) is 0 Å². The zero-order valence-electron chi connectivity index (χ0n) is 10.8. The molecule has 0 atom stereocenters. The maximum absolute atomic E-state index is 11.7. The van der Waals surface area contributed by atoms with Crippen molar-refractivity contribution in [2.24, 2.45) is 5.10 Å². The average Bonchev–Trinajstić information content (AvgIpc) is 2.48. The van der Waals surface area contributed by atoms with E-state index in [2.05, 4.69) is 10.5 Å². The molecule has 1 amide bonds. The molecule has 0 unspecified atom stereocenters. The van der Waals surface area contributed by atoms with Crippen molar-refractivity contribution in [3.05, 3.63) is 64.7 Å². The van der Waals surface area contributed by atoms with Crippen LogP contribution in [0.4, 0.5) is 0 Å². The summed E-state index contributed by atoms with van der Waals surface area (Å²) in [7, 11) is 1.55. The Hall–Kier alpha value is -2.33. The summed E-state index contributed by atoms with van der Waals surface area (Å²) in [6.45, 7) is 0. The van der Waals surface area contributed by atoms with Crippen LogP contribution in [-0.4, -0.2) is 19.2 Å². The Balaban J connectivity index is 2.00. The summed E-state index contributed by atoms with van der Waals surface area (Å²) in [6, 6.07) is 14.1. The van der Waals surface area contributed by atoms with E-state index in [0.29, 0.717) is 16.3 Å². The lowest BCUT2D eigenvalue weighted by atomic mass is 10.2. The molecular formula is C15H13ClN2O2. The van der Waals surface area contributed by atoms with Gasteiger partial charge in [0.1, 0.15) is 5.75 Å². The van der Waals surface area contributed by atoms with Crippen LogP contribution in [0.1, 0.15) is 15.9 Å². The molecule has 1 N–H and O–H groups in total. The van der Waals surface area contributed by atoms with Gasteiger partial charge in [-0.25, -0.2) is 5.43 Å². The number of hydrogen-bond acceptors (Lipinski definition) is 3. The van der Waals surface area contributed by atoms with Crippen LogP contribution in [0.2, 0.25) is 5.02 Å². The molecule has 0 saturated carbocycles. The van der Waals surface area contributed by atoms with Gasteiger partial charge in [0.25, 0.3) is 5.91 Å². The summed E-state index contributed by atoms with van der Waals surface area (Å²) in [4.78, 5) is 11.7. The molecule has 0 saturated heterocycles. The Labute approximate surface area is 122 Å². The maximum atomic E-state index is 11.7. The Kier molecular flexibility index (Phi) is 4.74. The van der Waals surface area contributed by atoms with Gasteiger partial charge < -0.3 is 4.74 Å². The first-order valence-corrected chi connectivity index (χ1v) is 6.30. The Morgan fingerprint density at radius 3 is 2.65 bits per heavy atom. The van der Waals surface area contributed by atoms with Gasteiger partial charge in [-0.3, -0.25) is 4.79 Å². The molecule has 0 bridgehead atoms. The zero-order valence-corrected chi connectivity index (χ0v) is 11.6. The van der Waals surface area contributed by atoms with Crippen molar-refractivity contribution in [2.45, 2.75) is 0 Å². The van der Waals surface area contributed by atoms with Gasteiger partial charge in [0.05, 0.1) is 18.3 Å². The lowest BCUT2D eigenvalue weighted by Crippen LogP contribution is -2.17. The molecule has 0 aromatic heterocycles. The van der Waals surface area contributed by atoms with Gasteiger partial charge in [-0.05, 0) is 35.9 Å². The number of amides is 1. The molecule has 0 heterocycles. The average molecular weight is 289 g/mol. The normalized spacial score (nSPS) is 10.5. The standard InChI is InChI=1S/C15H13ClN2O2/c1-20-14-8-7-11(9-13(14)16)10-17-18-15(19)12-5-3-2-4-6-12/h2-10H,1H3,(H,18,19)/b17-10-. The maximum Gasteiger partial charge on any atom is 0.271 e. The number of nitrogens with one attached hydrogen (secondary N) is 1.